The Kier molecular flexibility index (Phi) is 7.45. The Hall–Kier alpha value is -5.32. The van der Waals surface area contributed by atoms with E-state index in [4.69, 9.17) is 9.40 Å². The van der Waals surface area contributed by atoms with E-state index in [1.54, 1.807) is 55.0 Å². The highest BCUT2D eigenvalue weighted by Crippen LogP contribution is 2.31. The third-order valence-electron chi connectivity index (χ3n) is 6.79. The van der Waals surface area contributed by atoms with Crippen LogP contribution in [-0.2, 0) is 23.0 Å². The Morgan fingerprint density at radius 3 is 2.74 bits per heavy atom. The van der Waals surface area contributed by atoms with Crippen molar-refractivity contribution in [3.8, 4) is 16.7 Å². The summed E-state index contributed by atoms with van der Waals surface area (Å²) in [6.45, 7) is 0.486. The molecular weight excluding hydrogens is 587 g/mol. The number of oxazole rings is 1. The number of benzene rings is 2. The molecule has 11 nitrogen and oxygen atoms in total. The van der Waals surface area contributed by atoms with Gasteiger partial charge >= 0.3 is 0 Å². The fourth-order valence-corrected chi connectivity index (χ4v) is 6.63. The van der Waals surface area contributed by atoms with Crippen LogP contribution in [0, 0.1) is 11.3 Å². The Morgan fingerprint density at radius 2 is 1.98 bits per heavy atom. The normalized spacial score (nSPS) is 11.3. The lowest BCUT2D eigenvalue weighted by Crippen LogP contribution is -2.26. The second-order valence-electron chi connectivity index (χ2n) is 9.47. The molecule has 6 aromatic rings. The SMILES string of the molecule is CN(c1ccc2c(c1)nc(NC(=O)c1ccc(-c3cnco3)s1)n2CCc1cccnc1)S(=O)(=O)c1cccc(C#N)c1. The molecule has 214 valence electrons. The van der Waals surface area contributed by atoms with Gasteiger partial charge in [-0.05, 0) is 66.6 Å². The minimum atomic E-state index is -3.95. The van der Waals surface area contributed by atoms with Gasteiger partial charge in [0.15, 0.2) is 12.2 Å². The van der Waals surface area contributed by atoms with Gasteiger partial charge < -0.3 is 8.98 Å². The van der Waals surface area contributed by atoms with Crippen LogP contribution in [0.25, 0.3) is 21.7 Å². The first kappa shape index (κ1) is 27.8. The molecule has 0 bridgehead atoms. The molecule has 0 aliphatic heterocycles. The van der Waals surface area contributed by atoms with Crippen molar-refractivity contribution in [1.82, 2.24) is 19.5 Å². The molecular formula is C30H23N7O4S2. The summed E-state index contributed by atoms with van der Waals surface area (Å²) in [7, 11) is -2.51. The molecule has 6 rings (SSSR count). The molecule has 1 N–H and O–H groups in total. The van der Waals surface area contributed by atoms with Crippen molar-refractivity contribution in [2.45, 2.75) is 17.9 Å². The van der Waals surface area contributed by atoms with Crippen LogP contribution in [0.1, 0.15) is 20.8 Å². The van der Waals surface area contributed by atoms with E-state index in [1.165, 1.54) is 43.0 Å². The molecule has 43 heavy (non-hydrogen) atoms. The van der Waals surface area contributed by atoms with Crippen LogP contribution in [0.5, 0.6) is 0 Å². The van der Waals surface area contributed by atoms with Gasteiger partial charge in [0.1, 0.15) is 0 Å². The molecule has 0 unspecified atom stereocenters. The van der Waals surface area contributed by atoms with Gasteiger partial charge in [0.25, 0.3) is 15.9 Å². The number of hydrogen-bond donors (Lipinski definition) is 1. The largest absolute Gasteiger partial charge is 0.443 e. The highest BCUT2D eigenvalue weighted by atomic mass is 32.2. The summed E-state index contributed by atoms with van der Waals surface area (Å²) >= 11 is 1.27. The maximum absolute atomic E-state index is 13.4. The third kappa shape index (κ3) is 5.61. The Labute approximate surface area is 250 Å². The van der Waals surface area contributed by atoms with Gasteiger partial charge in [-0.25, -0.2) is 18.4 Å². The number of carbonyl (C=O) groups excluding carboxylic acids is 1. The van der Waals surface area contributed by atoms with Crippen molar-refractivity contribution in [2.75, 3.05) is 16.7 Å². The molecule has 2 aromatic carbocycles. The van der Waals surface area contributed by atoms with Crippen LogP contribution in [-0.4, -0.2) is 40.9 Å². The van der Waals surface area contributed by atoms with Crippen molar-refractivity contribution < 1.29 is 17.6 Å². The molecule has 0 spiro atoms. The molecule has 0 atom stereocenters. The van der Waals surface area contributed by atoms with E-state index in [9.17, 15) is 18.5 Å². The molecule has 0 radical (unpaired) electrons. The number of sulfonamides is 1. The second-order valence-corrected chi connectivity index (χ2v) is 12.5. The number of carbonyl (C=O) groups is 1. The van der Waals surface area contributed by atoms with E-state index in [2.05, 4.69) is 15.3 Å². The summed E-state index contributed by atoms with van der Waals surface area (Å²) in [5.41, 5.74) is 2.85. The number of hydrogen-bond acceptors (Lipinski definition) is 9. The Morgan fingerprint density at radius 1 is 1.09 bits per heavy atom. The second kappa shape index (κ2) is 11.5. The zero-order valence-electron chi connectivity index (χ0n) is 22.7. The van der Waals surface area contributed by atoms with Gasteiger partial charge in [-0.2, -0.15) is 5.26 Å². The Balaban J connectivity index is 1.34. The van der Waals surface area contributed by atoms with Gasteiger partial charge in [-0.1, -0.05) is 12.1 Å². The van der Waals surface area contributed by atoms with E-state index in [-0.39, 0.29) is 16.4 Å². The number of nitrogens with zero attached hydrogens (tertiary/aromatic N) is 6. The van der Waals surface area contributed by atoms with Gasteiger partial charge in [-0.3, -0.25) is 19.4 Å². The summed E-state index contributed by atoms with van der Waals surface area (Å²) in [6, 6.07) is 20.3. The molecule has 0 fully saturated rings. The summed E-state index contributed by atoms with van der Waals surface area (Å²) in [5, 5.41) is 12.1. The zero-order chi connectivity index (χ0) is 30.0. The standard InChI is InChI=1S/C30H23N7O4S2/c1-36(43(39,40)23-6-2-4-21(14-23)16-31)22-7-8-25-24(15-22)34-30(37(25)13-11-20-5-3-12-32-17-20)35-29(38)28-10-9-27(42-28)26-18-33-19-41-26/h2-10,12,14-15,17-19H,11,13H2,1H3,(H,34,35,38). The average Bonchev–Trinajstić information content (AvgIpc) is 3.80. The van der Waals surface area contributed by atoms with Crippen molar-refractivity contribution >= 4 is 49.9 Å². The van der Waals surface area contributed by atoms with Crippen molar-refractivity contribution in [3.05, 3.63) is 108 Å². The van der Waals surface area contributed by atoms with Crippen molar-refractivity contribution in [3.63, 3.8) is 0 Å². The number of thiophene rings is 1. The molecule has 0 aliphatic rings. The van der Waals surface area contributed by atoms with E-state index >= 15 is 0 Å². The van der Waals surface area contributed by atoms with Gasteiger partial charge in [0.2, 0.25) is 5.95 Å². The minimum absolute atomic E-state index is 0.00439. The molecule has 1 amide bonds. The van der Waals surface area contributed by atoms with Crippen LogP contribution >= 0.6 is 11.3 Å². The average molecular weight is 610 g/mol. The third-order valence-corrected chi connectivity index (χ3v) is 9.67. The smallest absolute Gasteiger partial charge is 0.268 e. The van der Waals surface area contributed by atoms with Crippen molar-refractivity contribution in [1.29, 1.82) is 5.26 Å². The monoisotopic (exact) mass is 609 g/mol. The van der Waals surface area contributed by atoms with E-state index in [1.807, 2.05) is 22.8 Å². The van der Waals surface area contributed by atoms with Gasteiger partial charge in [0, 0.05) is 26.0 Å². The van der Waals surface area contributed by atoms with Crippen LogP contribution in [0.4, 0.5) is 11.6 Å². The molecule has 4 heterocycles. The van der Waals surface area contributed by atoms with Crippen LogP contribution in [0.2, 0.25) is 0 Å². The number of nitrogens with one attached hydrogen (secondary N) is 1. The van der Waals surface area contributed by atoms with E-state index in [0.29, 0.717) is 46.3 Å². The summed E-state index contributed by atoms with van der Waals surface area (Å²) in [4.78, 5) is 27.3. The lowest BCUT2D eigenvalue weighted by molar-refractivity contribution is 0.102. The summed E-state index contributed by atoms with van der Waals surface area (Å²) in [6.07, 6.45) is 7.04. The number of anilines is 2. The maximum Gasteiger partial charge on any atom is 0.268 e. The minimum Gasteiger partial charge on any atom is -0.443 e. The predicted molar refractivity (Wildman–Crippen MR) is 162 cm³/mol. The highest BCUT2D eigenvalue weighted by molar-refractivity contribution is 7.92. The predicted octanol–water partition coefficient (Wildman–Crippen LogP) is 5.34. The van der Waals surface area contributed by atoms with Gasteiger partial charge in [0.05, 0.1) is 49.2 Å². The number of nitriles is 1. The van der Waals surface area contributed by atoms with Crippen LogP contribution in [0.3, 0.4) is 0 Å². The number of fused-ring (bicyclic) bond motifs is 1. The van der Waals surface area contributed by atoms with E-state index < -0.39 is 10.0 Å². The quantitative estimate of drug-likeness (QED) is 0.231. The highest BCUT2D eigenvalue weighted by Gasteiger charge is 2.23. The van der Waals surface area contributed by atoms with Crippen LogP contribution in [0.15, 0.2) is 101 Å². The first-order valence-corrected chi connectivity index (χ1v) is 15.3. The fraction of sp³-hybridized carbons (Fsp3) is 0.100. The number of aromatic nitrogens is 4. The molecule has 0 saturated carbocycles. The number of aryl methyl sites for hydroxylation is 2. The summed E-state index contributed by atoms with van der Waals surface area (Å²) < 4.78 is 35.1. The summed E-state index contributed by atoms with van der Waals surface area (Å²) in [5.74, 6) is 0.549. The first-order chi connectivity index (χ1) is 20.8. The van der Waals surface area contributed by atoms with Crippen LogP contribution < -0.4 is 9.62 Å². The maximum atomic E-state index is 13.4. The molecule has 13 heteroatoms. The Bertz CT molecular complexity index is 2080. The molecule has 4 aromatic heterocycles. The first-order valence-electron chi connectivity index (χ1n) is 13.0. The number of pyridine rings is 1. The molecule has 0 saturated heterocycles. The lowest BCUT2D eigenvalue weighted by Gasteiger charge is -2.19. The van der Waals surface area contributed by atoms with Crippen molar-refractivity contribution in [2.24, 2.45) is 0 Å². The van der Waals surface area contributed by atoms with E-state index in [0.717, 1.165) is 14.7 Å². The number of amides is 1. The number of rotatable bonds is 9. The zero-order valence-corrected chi connectivity index (χ0v) is 24.3. The molecule has 0 aliphatic carbocycles. The van der Waals surface area contributed by atoms with Gasteiger partial charge in [-0.15, -0.1) is 11.3 Å². The lowest BCUT2D eigenvalue weighted by atomic mass is 10.2. The topological polar surface area (TPSA) is 147 Å². The number of imidazole rings is 1. The fourth-order valence-electron chi connectivity index (χ4n) is 4.54.